The minimum absolute atomic E-state index is 0.256. The SMILES string of the molecule is O=C(Nc1nnc(-c2ccc(Br)cc2)s1)C1CCCN1C(=O)Nc1ccccc1Br. The van der Waals surface area contributed by atoms with Crippen LogP contribution in [0.15, 0.2) is 57.5 Å². The lowest BCUT2D eigenvalue weighted by molar-refractivity contribution is -0.119. The van der Waals surface area contributed by atoms with Gasteiger partial charge in [0.2, 0.25) is 11.0 Å². The molecule has 0 aliphatic carbocycles. The molecule has 7 nitrogen and oxygen atoms in total. The Morgan fingerprint density at radius 2 is 1.80 bits per heavy atom. The predicted molar refractivity (Wildman–Crippen MR) is 125 cm³/mol. The van der Waals surface area contributed by atoms with E-state index in [1.807, 2.05) is 42.5 Å². The van der Waals surface area contributed by atoms with Crippen molar-refractivity contribution in [3.8, 4) is 10.6 Å². The van der Waals surface area contributed by atoms with E-state index >= 15 is 0 Å². The number of urea groups is 1. The molecule has 3 aromatic rings. The van der Waals surface area contributed by atoms with Gasteiger partial charge >= 0.3 is 6.03 Å². The van der Waals surface area contributed by atoms with Gasteiger partial charge < -0.3 is 10.2 Å². The second-order valence-corrected chi connectivity index (χ2v) is 9.42. The van der Waals surface area contributed by atoms with E-state index in [1.165, 1.54) is 11.3 Å². The van der Waals surface area contributed by atoms with Crippen LogP contribution in [0.3, 0.4) is 0 Å². The van der Waals surface area contributed by atoms with Crippen LogP contribution in [0.4, 0.5) is 15.6 Å². The maximum Gasteiger partial charge on any atom is 0.322 e. The molecular weight excluding hydrogens is 534 g/mol. The van der Waals surface area contributed by atoms with Crippen molar-refractivity contribution in [1.29, 1.82) is 0 Å². The topological polar surface area (TPSA) is 87.2 Å². The largest absolute Gasteiger partial charge is 0.322 e. The summed E-state index contributed by atoms with van der Waals surface area (Å²) < 4.78 is 1.76. The molecule has 2 heterocycles. The van der Waals surface area contributed by atoms with Crippen LogP contribution in [0.25, 0.3) is 10.6 Å². The Kier molecular flexibility index (Phi) is 6.45. The van der Waals surface area contributed by atoms with Crippen LogP contribution in [-0.2, 0) is 4.79 Å². The molecule has 1 aliphatic rings. The number of amides is 3. The zero-order chi connectivity index (χ0) is 21.1. The number of rotatable bonds is 4. The monoisotopic (exact) mass is 549 g/mol. The summed E-state index contributed by atoms with van der Waals surface area (Å²) in [4.78, 5) is 27.1. The number of carbonyl (C=O) groups is 2. The van der Waals surface area contributed by atoms with Crippen molar-refractivity contribution in [2.24, 2.45) is 0 Å². The number of likely N-dealkylation sites (tertiary alicyclic amines) is 1. The van der Waals surface area contributed by atoms with E-state index in [4.69, 9.17) is 0 Å². The van der Waals surface area contributed by atoms with Crippen LogP contribution >= 0.6 is 43.2 Å². The fourth-order valence-electron chi connectivity index (χ4n) is 3.20. The molecule has 0 saturated carbocycles. The second-order valence-electron chi connectivity index (χ2n) is 6.67. The molecule has 2 N–H and O–H groups in total. The second kappa shape index (κ2) is 9.23. The van der Waals surface area contributed by atoms with Crippen LogP contribution in [0.2, 0.25) is 0 Å². The summed E-state index contributed by atoms with van der Waals surface area (Å²) in [5.74, 6) is -0.256. The van der Waals surface area contributed by atoms with Gasteiger partial charge in [0.15, 0.2) is 0 Å². The first-order valence-corrected chi connectivity index (χ1v) is 11.6. The molecule has 30 heavy (non-hydrogen) atoms. The molecule has 1 unspecified atom stereocenters. The maximum absolute atomic E-state index is 12.8. The lowest BCUT2D eigenvalue weighted by Gasteiger charge is -2.24. The van der Waals surface area contributed by atoms with Gasteiger partial charge in [-0.2, -0.15) is 0 Å². The fourth-order valence-corrected chi connectivity index (χ4v) is 4.60. The van der Waals surface area contributed by atoms with Crippen molar-refractivity contribution in [3.05, 3.63) is 57.5 Å². The van der Waals surface area contributed by atoms with Gasteiger partial charge in [-0.1, -0.05) is 51.5 Å². The van der Waals surface area contributed by atoms with Crippen LogP contribution in [0.1, 0.15) is 12.8 Å². The number of hydrogen-bond acceptors (Lipinski definition) is 5. The van der Waals surface area contributed by atoms with E-state index in [0.29, 0.717) is 28.8 Å². The highest BCUT2D eigenvalue weighted by Gasteiger charge is 2.34. The van der Waals surface area contributed by atoms with Gasteiger partial charge in [-0.05, 0) is 53.0 Å². The molecule has 1 aliphatic heterocycles. The summed E-state index contributed by atoms with van der Waals surface area (Å²) in [6, 6.07) is 14.2. The van der Waals surface area contributed by atoms with Crippen molar-refractivity contribution in [2.45, 2.75) is 18.9 Å². The first-order valence-electron chi connectivity index (χ1n) is 9.24. The molecule has 0 radical (unpaired) electrons. The molecule has 1 aromatic heterocycles. The number of para-hydroxylation sites is 1. The summed E-state index contributed by atoms with van der Waals surface area (Å²) in [5, 5.41) is 15.0. The van der Waals surface area contributed by atoms with E-state index < -0.39 is 6.04 Å². The Morgan fingerprint density at radius 1 is 1.03 bits per heavy atom. The molecule has 2 aromatic carbocycles. The van der Waals surface area contributed by atoms with Crippen LogP contribution in [0.5, 0.6) is 0 Å². The van der Waals surface area contributed by atoms with E-state index in [0.717, 1.165) is 20.9 Å². The Hall–Kier alpha value is -2.30. The summed E-state index contributed by atoms with van der Waals surface area (Å²) in [7, 11) is 0. The van der Waals surface area contributed by atoms with Gasteiger partial charge in [0.1, 0.15) is 11.0 Å². The summed E-state index contributed by atoms with van der Waals surface area (Å²) in [6.45, 7) is 0.522. The lowest BCUT2D eigenvalue weighted by atomic mass is 10.2. The molecule has 4 rings (SSSR count). The van der Waals surface area contributed by atoms with Gasteiger partial charge in [-0.15, -0.1) is 10.2 Å². The van der Waals surface area contributed by atoms with E-state index in [-0.39, 0.29) is 11.9 Å². The molecule has 10 heteroatoms. The Balaban J connectivity index is 1.42. The number of nitrogens with zero attached hydrogens (tertiary/aromatic N) is 3. The molecule has 3 amide bonds. The summed E-state index contributed by atoms with van der Waals surface area (Å²) in [5.41, 5.74) is 1.59. The highest BCUT2D eigenvalue weighted by molar-refractivity contribution is 9.10. The number of halogens is 2. The average Bonchev–Trinajstić information content (AvgIpc) is 3.40. The van der Waals surface area contributed by atoms with Gasteiger partial charge in [0.05, 0.1) is 5.69 Å². The zero-order valence-corrected chi connectivity index (χ0v) is 19.6. The smallest absolute Gasteiger partial charge is 0.312 e. The van der Waals surface area contributed by atoms with Crippen LogP contribution < -0.4 is 10.6 Å². The van der Waals surface area contributed by atoms with Crippen LogP contribution in [0, 0.1) is 0 Å². The number of hydrogen-bond donors (Lipinski definition) is 2. The lowest BCUT2D eigenvalue weighted by Crippen LogP contribution is -2.45. The van der Waals surface area contributed by atoms with Crippen molar-refractivity contribution in [3.63, 3.8) is 0 Å². The number of aromatic nitrogens is 2. The molecule has 154 valence electrons. The third-order valence-corrected chi connectivity index (χ3v) is 6.79. The number of benzene rings is 2. The minimum Gasteiger partial charge on any atom is -0.312 e. The molecule has 1 saturated heterocycles. The zero-order valence-electron chi connectivity index (χ0n) is 15.6. The van der Waals surface area contributed by atoms with Crippen molar-refractivity contribution in [2.75, 3.05) is 17.2 Å². The first kappa shape index (κ1) is 21.0. The number of nitrogens with one attached hydrogen (secondary N) is 2. The maximum atomic E-state index is 12.8. The van der Waals surface area contributed by atoms with E-state index in [9.17, 15) is 9.59 Å². The van der Waals surface area contributed by atoms with Gasteiger partial charge in [0, 0.05) is 21.1 Å². The molecule has 1 fully saturated rings. The quantitative estimate of drug-likeness (QED) is 0.457. The summed E-state index contributed by atoms with van der Waals surface area (Å²) in [6.07, 6.45) is 1.37. The van der Waals surface area contributed by atoms with E-state index in [1.54, 1.807) is 11.0 Å². The Labute approximate surface area is 194 Å². The highest BCUT2D eigenvalue weighted by Crippen LogP contribution is 2.29. The molecule has 0 spiro atoms. The van der Waals surface area contributed by atoms with Crippen LogP contribution in [-0.4, -0.2) is 39.6 Å². The Morgan fingerprint density at radius 3 is 2.57 bits per heavy atom. The van der Waals surface area contributed by atoms with Gasteiger partial charge in [0.25, 0.3) is 0 Å². The predicted octanol–water partition coefficient (Wildman–Crippen LogP) is 5.37. The molecule has 1 atom stereocenters. The summed E-state index contributed by atoms with van der Waals surface area (Å²) >= 11 is 8.12. The van der Waals surface area contributed by atoms with Crippen molar-refractivity contribution < 1.29 is 9.59 Å². The molecule has 0 bridgehead atoms. The first-order chi connectivity index (χ1) is 14.5. The fraction of sp³-hybridized carbons (Fsp3) is 0.200. The van der Waals surface area contributed by atoms with E-state index in [2.05, 4.69) is 52.7 Å². The molecular formula is C20H17Br2N5O2S. The third kappa shape index (κ3) is 4.71. The Bertz CT molecular complexity index is 1070. The standard InChI is InChI=1S/C20H17Br2N5O2S/c21-13-9-7-12(8-10-13)18-25-26-19(30-18)24-17(28)16-6-3-11-27(16)20(29)23-15-5-2-1-4-14(15)22/h1-2,4-5,7-10,16H,3,6,11H2,(H,23,29)(H,24,26,28). The van der Waals surface area contributed by atoms with Gasteiger partial charge in [-0.3, -0.25) is 10.1 Å². The number of anilines is 2. The van der Waals surface area contributed by atoms with Crippen molar-refractivity contribution in [1.82, 2.24) is 15.1 Å². The van der Waals surface area contributed by atoms with Crippen molar-refractivity contribution >= 4 is 66.0 Å². The third-order valence-electron chi connectivity index (χ3n) is 4.68. The minimum atomic E-state index is -0.549. The number of carbonyl (C=O) groups excluding carboxylic acids is 2. The highest BCUT2D eigenvalue weighted by atomic mass is 79.9. The normalized spacial score (nSPS) is 15.8. The average molecular weight is 551 g/mol. The van der Waals surface area contributed by atoms with Gasteiger partial charge in [-0.25, -0.2) is 4.79 Å².